The maximum atomic E-state index is 12.7. The van der Waals surface area contributed by atoms with Gasteiger partial charge < -0.3 is 10.4 Å². The van der Waals surface area contributed by atoms with Gasteiger partial charge in [-0.3, -0.25) is 4.79 Å². The lowest BCUT2D eigenvalue weighted by atomic mass is 9.93. The molecule has 27 heavy (non-hydrogen) atoms. The lowest BCUT2D eigenvalue weighted by Crippen LogP contribution is -2.56. The van der Waals surface area contributed by atoms with Gasteiger partial charge >= 0.3 is 5.97 Å². The summed E-state index contributed by atoms with van der Waals surface area (Å²) in [6.07, 6.45) is 3.56. The van der Waals surface area contributed by atoms with Crippen LogP contribution in [-0.4, -0.2) is 48.3 Å². The van der Waals surface area contributed by atoms with Crippen molar-refractivity contribution < 1.29 is 23.1 Å². The Morgan fingerprint density at radius 1 is 1.15 bits per heavy atom. The summed E-state index contributed by atoms with van der Waals surface area (Å²) in [6, 6.07) is 8.96. The molecule has 2 fully saturated rings. The van der Waals surface area contributed by atoms with Crippen LogP contribution in [-0.2, 0) is 25.4 Å². The summed E-state index contributed by atoms with van der Waals surface area (Å²) < 4.78 is 26.8. The van der Waals surface area contributed by atoms with E-state index in [-0.39, 0.29) is 18.2 Å². The highest BCUT2D eigenvalue weighted by molar-refractivity contribution is 7.88. The van der Waals surface area contributed by atoms with Gasteiger partial charge in [0.25, 0.3) is 0 Å². The third-order valence-electron chi connectivity index (χ3n) is 5.57. The number of nitrogens with one attached hydrogen (secondary N) is 1. The minimum absolute atomic E-state index is 0.0960. The number of sulfonamides is 1. The Labute approximate surface area is 159 Å². The molecular weight excluding hydrogens is 368 g/mol. The zero-order chi connectivity index (χ0) is 19.5. The van der Waals surface area contributed by atoms with Gasteiger partial charge in [0.2, 0.25) is 15.9 Å². The van der Waals surface area contributed by atoms with Gasteiger partial charge in [0.05, 0.1) is 11.7 Å². The van der Waals surface area contributed by atoms with Gasteiger partial charge in [-0.05, 0) is 31.2 Å². The molecule has 1 saturated heterocycles. The highest BCUT2D eigenvalue weighted by Gasteiger charge is 2.44. The molecule has 0 bridgehead atoms. The van der Waals surface area contributed by atoms with E-state index >= 15 is 0 Å². The summed E-state index contributed by atoms with van der Waals surface area (Å²) in [5.41, 5.74) is -0.484. The van der Waals surface area contributed by atoms with Crippen LogP contribution in [0, 0.1) is 5.92 Å². The van der Waals surface area contributed by atoms with Gasteiger partial charge in [-0.1, -0.05) is 43.2 Å². The van der Waals surface area contributed by atoms with Gasteiger partial charge in [0, 0.05) is 13.1 Å². The molecule has 1 unspecified atom stereocenters. The van der Waals surface area contributed by atoms with Gasteiger partial charge in [-0.25, -0.2) is 17.5 Å². The van der Waals surface area contributed by atoms with E-state index in [1.165, 1.54) is 4.31 Å². The molecule has 2 N–H and O–H groups in total. The minimum Gasteiger partial charge on any atom is -0.480 e. The van der Waals surface area contributed by atoms with Gasteiger partial charge in [0.15, 0.2) is 0 Å². The van der Waals surface area contributed by atoms with Gasteiger partial charge in [-0.15, -0.1) is 0 Å². The van der Waals surface area contributed by atoms with E-state index in [4.69, 9.17) is 0 Å². The SMILES string of the molecule is O=C(NC1(C(=O)O)CCCC1)C1CCCN(S(=O)(=O)Cc2ccccc2)C1. The number of nitrogens with zero attached hydrogens (tertiary/aromatic N) is 1. The first-order valence-corrected chi connectivity index (χ1v) is 11.0. The number of hydrogen-bond donors (Lipinski definition) is 2. The van der Waals surface area contributed by atoms with E-state index in [9.17, 15) is 23.1 Å². The van der Waals surface area contributed by atoms with Crippen molar-refractivity contribution in [3.63, 3.8) is 0 Å². The lowest BCUT2D eigenvalue weighted by molar-refractivity contribution is -0.148. The predicted octanol–water partition coefficient (Wildman–Crippen LogP) is 1.74. The Morgan fingerprint density at radius 3 is 2.44 bits per heavy atom. The molecule has 3 rings (SSSR count). The van der Waals surface area contributed by atoms with Crippen molar-refractivity contribution in [1.29, 1.82) is 0 Å². The van der Waals surface area contributed by atoms with Crippen LogP contribution in [0.15, 0.2) is 30.3 Å². The Morgan fingerprint density at radius 2 is 1.81 bits per heavy atom. The standard InChI is InChI=1S/C19H26N2O5S/c22-17(20-19(18(23)24)10-4-5-11-19)16-9-6-12-21(13-16)27(25,26)14-15-7-2-1-3-8-15/h1-3,7-8,16H,4-6,9-14H2,(H,20,22)(H,23,24). The normalized spacial score (nSPS) is 23.0. The van der Waals surface area contributed by atoms with E-state index in [0.717, 1.165) is 12.8 Å². The first kappa shape index (κ1) is 19.8. The zero-order valence-electron chi connectivity index (χ0n) is 15.3. The molecule has 148 valence electrons. The number of carbonyl (C=O) groups excluding carboxylic acids is 1. The summed E-state index contributed by atoms with van der Waals surface area (Å²) in [7, 11) is -3.52. The Balaban J connectivity index is 1.66. The van der Waals surface area contributed by atoms with Crippen LogP contribution in [0.4, 0.5) is 0 Å². The van der Waals surface area contributed by atoms with Crippen LogP contribution in [0.2, 0.25) is 0 Å². The number of amides is 1. The maximum absolute atomic E-state index is 12.7. The first-order valence-electron chi connectivity index (χ1n) is 9.40. The highest BCUT2D eigenvalue weighted by atomic mass is 32.2. The maximum Gasteiger partial charge on any atom is 0.329 e. The van der Waals surface area contributed by atoms with Crippen molar-refractivity contribution in [3.8, 4) is 0 Å². The second-order valence-electron chi connectivity index (χ2n) is 7.52. The van der Waals surface area contributed by atoms with E-state index in [1.807, 2.05) is 6.07 Å². The minimum atomic E-state index is -3.52. The van der Waals surface area contributed by atoms with E-state index in [2.05, 4.69) is 5.32 Å². The molecule has 1 aromatic rings. The zero-order valence-corrected chi connectivity index (χ0v) is 16.1. The molecule has 7 nitrogen and oxygen atoms in total. The number of carbonyl (C=O) groups is 2. The van der Waals surface area contributed by atoms with Gasteiger partial charge in [0.1, 0.15) is 5.54 Å². The Kier molecular flexibility index (Phi) is 5.86. The average molecular weight is 394 g/mol. The number of hydrogen-bond acceptors (Lipinski definition) is 4. The first-order chi connectivity index (χ1) is 12.8. The van der Waals surface area contributed by atoms with Crippen LogP contribution in [0.3, 0.4) is 0 Å². The summed E-state index contributed by atoms with van der Waals surface area (Å²) in [4.78, 5) is 24.3. The quantitative estimate of drug-likeness (QED) is 0.765. The van der Waals surface area contributed by atoms with Crippen LogP contribution >= 0.6 is 0 Å². The van der Waals surface area contributed by atoms with E-state index in [0.29, 0.717) is 37.8 Å². The largest absolute Gasteiger partial charge is 0.480 e. The van der Waals surface area contributed by atoms with Crippen LogP contribution in [0.5, 0.6) is 0 Å². The summed E-state index contributed by atoms with van der Waals surface area (Å²) in [5.74, 6) is -1.96. The van der Waals surface area contributed by atoms with Gasteiger partial charge in [-0.2, -0.15) is 0 Å². The molecule has 1 atom stereocenters. The van der Waals surface area contributed by atoms with Crippen molar-refractivity contribution in [2.45, 2.75) is 49.8 Å². The van der Waals surface area contributed by atoms with E-state index < -0.39 is 27.4 Å². The van der Waals surface area contributed by atoms with Crippen LogP contribution in [0.25, 0.3) is 0 Å². The second-order valence-corrected chi connectivity index (χ2v) is 9.49. The molecule has 1 heterocycles. The number of benzene rings is 1. The summed E-state index contributed by atoms with van der Waals surface area (Å²) in [6.45, 7) is 0.500. The second kappa shape index (κ2) is 7.98. The van der Waals surface area contributed by atoms with Crippen molar-refractivity contribution in [2.75, 3.05) is 13.1 Å². The molecule has 1 aliphatic heterocycles. The molecule has 0 spiro atoms. The van der Waals surface area contributed by atoms with Crippen molar-refractivity contribution in [1.82, 2.24) is 9.62 Å². The molecule has 2 aliphatic rings. The third kappa shape index (κ3) is 4.50. The molecule has 1 aromatic carbocycles. The molecule has 8 heteroatoms. The van der Waals surface area contributed by atoms with Crippen molar-refractivity contribution >= 4 is 21.9 Å². The fourth-order valence-electron chi connectivity index (χ4n) is 3.99. The molecular formula is C19H26N2O5S. The van der Waals surface area contributed by atoms with Crippen molar-refractivity contribution in [3.05, 3.63) is 35.9 Å². The fraction of sp³-hybridized carbons (Fsp3) is 0.579. The van der Waals surface area contributed by atoms with E-state index in [1.54, 1.807) is 24.3 Å². The third-order valence-corrected chi connectivity index (χ3v) is 7.39. The topological polar surface area (TPSA) is 104 Å². The molecule has 1 aliphatic carbocycles. The number of carboxylic acid groups (broad SMARTS) is 1. The number of piperidine rings is 1. The Hall–Kier alpha value is -1.93. The smallest absolute Gasteiger partial charge is 0.329 e. The molecule has 0 radical (unpaired) electrons. The Bertz CT molecular complexity index is 788. The van der Waals surface area contributed by atoms with Crippen molar-refractivity contribution in [2.24, 2.45) is 5.92 Å². The number of rotatable bonds is 6. The predicted molar refractivity (Wildman–Crippen MR) is 100 cm³/mol. The molecule has 1 saturated carbocycles. The fourth-order valence-corrected chi connectivity index (χ4v) is 5.60. The monoisotopic (exact) mass is 394 g/mol. The summed E-state index contributed by atoms with van der Waals surface area (Å²) in [5, 5.41) is 12.3. The number of carboxylic acids is 1. The highest BCUT2D eigenvalue weighted by Crippen LogP contribution is 2.31. The van der Waals surface area contributed by atoms with Crippen LogP contribution < -0.4 is 5.32 Å². The molecule has 0 aromatic heterocycles. The molecule has 1 amide bonds. The number of aliphatic carboxylic acids is 1. The van der Waals surface area contributed by atoms with Crippen LogP contribution in [0.1, 0.15) is 44.1 Å². The lowest BCUT2D eigenvalue weighted by Gasteiger charge is -2.33. The average Bonchev–Trinajstić information content (AvgIpc) is 3.12. The summed E-state index contributed by atoms with van der Waals surface area (Å²) >= 11 is 0.